The Kier molecular flexibility index (Phi) is 4.56. The van der Waals surface area contributed by atoms with Crippen LogP contribution in [0.1, 0.15) is 27.4 Å². The fourth-order valence-electron chi connectivity index (χ4n) is 2.92. The van der Waals surface area contributed by atoms with E-state index >= 15 is 0 Å². The van der Waals surface area contributed by atoms with Gasteiger partial charge in [-0.1, -0.05) is 5.16 Å². The third-order valence-corrected chi connectivity index (χ3v) is 4.26. The molecular formula is C18H11F5N4O4. The van der Waals surface area contributed by atoms with E-state index in [9.17, 15) is 26.7 Å². The van der Waals surface area contributed by atoms with Crippen molar-refractivity contribution in [3.63, 3.8) is 0 Å². The van der Waals surface area contributed by atoms with Crippen molar-refractivity contribution in [2.75, 3.05) is 5.32 Å². The number of ether oxygens (including phenoxy) is 2. The van der Waals surface area contributed by atoms with Gasteiger partial charge in [-0.25, -0.2) is 4.98 Å². The minimum atomic E-state index is -4.91. The van der Waals surface area contributed by atoms with E-state index in [2.05, 4.69) is 34.4 Å². The summed E-state index contributed by atoms with van der Waals surface area (Å²) in [7, 11) is 0. The lowest BCUT2D eigenvalue weighted by atomic mass is 10.1. The van der Waals surface area contributed by atoms with E-state index < -0.39 is 29.7 Å². The molecule has 1 aliphatic heterocycles. The predicted octanol–water partition coefficient (Wildman–Crippen LogP) is 4.34. The molecule has 4 rings (SSSR count). The first-order chi connectivity index (χ1) is 14.4. The number of hydrogen-bond acceptors (Lipinski definition) is 7. The lowest BCUT2D eigenvalue weighted by Crippen LogP contribution is -2.25. The predicted molar refractivity (Wildman–Crippen MR) is 92.6 cm³/mol. The lowest BCUT2D eigenvalue weighted by Gasteiger charge is -2.09. The molecule has 0 unspecified atom stereocenters. The number of rotatable bonds is 3. The first-order valence-corrected chi connectivity index (χ1v) is 8.52. The van der Waals surface area contributed by atoms with Gasteiger partial charge >= 0.3 is 12.5 Å². The molecule has 1 N–H and O–H groups in total. The molecule has 1 aliphatic rings. The highest BCUT2D eigenvalue weighted by Gasteiger charge is 2.44. The summed E-state index contributed by atoms with van der Waals surface area (Å²) in [6.07, 6.45) is -6.37. The number of halogens is 5. The summed E-state index contributed by atoms with van der Waals surface area (Å²) in [5, 5.41) is 5.37. The standard InChI is InChI=1S/C18H11F5N4O4/c1-7-3-11-12(30-18(22,23)29-11)4-9(7)10-5-25-13(6-24-10)26-16(28)14-8(2)27-31-15(14)17(19,20)21/h3-6H,1-2H3,(H,25,26,28). The van der Waals surface area contributed by atoms with Gasteiger partial charge in [0, 0.05) is 5.56 Å². The van der Waals surface area contributed by atoms with Crippen LogP contribution in [0.25, 0.3) is 11.3 Å². The van der Waals surface area contributed by atoms with Crippen LogP contribution in [0.4, 0.5) is 27.8 Å². The number of nitrogens with one attached hydrogen (secondary N) is 1. The van der Waals surface area contributed by atoms with Crippen LogP contribution in [-0.4, -0.2) is 27.3 Å². The number of fused-ring (bicyclic) bond motifs is 1. The number of carbonyl (C=O) groups is 1. The van der Waals surface area contributed by atoms with E-state index in [-0.39, 0.29) is 28.7 Å². The molecule has 0 bridgehead atoms. The Morgan fingerprint density at radius 2 is 1.74 bits per heavy atom. The van der Waals surface area contributed by atoms with Crippen molar-refractivity contribution in [1.29, 1.82) is 0 Å². The molecule has 31 heavy (non-hydrogen) atoms. The monoisotopic (exact) mass is 442 g/mol. The lowest BCUT2D eigenvalue weighted by molar-refractivity contribution is -0.286. The third kappa shape index (κ3) is 3.85. The van der Waals surface area contributed by atoms with Gasteiger partial charge in [-0.15, -0.1) is 8.78 Å². The highest BCUT2D eigenvalue weighted by molar-refractivity contribution is 6.05. The van der Waals surface area contributed by atoms with Crippen LogP contribution in [0, 0.1) is 13.8 Å². The van der Waals surface area contributed by atoms with Crippen molar-refractivity contribution in [2.24, 2.45) is 0 Å². The molecule has 13 heteroatoms. The summed E-state index contributed by atoms with van der Waals surface area (Å²) in [6.45, 7) is 2.81. The fourth-order valence-corrected chi connectivity index (χ4v) is 2.92. The largest absolute Gasteiger partial charge is 0.586 e. The molecule has 0 spiro atoms. The zero-order valence-corrected chi connectivity index (χ0v) is 15.7. The van der Waals surface area contributed by atoms with E-state index in [1.807, 2.05) is 0 Å². The zero-order chi connectivity index (χ0) is 22.6. The summed E-state index contributed by atoms with van der Waals surface area (Å²) in [6, 6.07) is 2.64. The Morgan fingerprint density at radius 1 is 1.06 bits per heavy atom. The van der Waals surface area contributed by atoms with Crippen molar-refractivity contribution in [3.05, 3.63) is 47.1 Å². The van der Waals surface area contributed by atoms with E-state index in [4.69, 9.17) is 0 Å². The number of anilines is 1. The van der Waals surface area contributed by atoms with Gasteiger partial charge in [-0.05, 0) is 31.5 Å². The van der Waals surface area contributed by atoms with Gasteiger partial charge < -0.3 is 19.3 Å². The SMILES string of the molecule is Cc1cc2c(cc1-c1cnc(NC(=O)c3c(C)noc3C(F)(F)F)cn1)OC(F)(F)O2. The van der Waals surface area contributed by atoms with Crippen LogP contribution in [0.5, 0.6) is 11.5 Å². The Balaban J connectivity index is 1.57. The molecule has 3 heterocycles. The number of benzene rings is 1. The van der Waals surface area contributed by atoms with E-state index in [1.54, 1.807) is 6.92 Å². The first kappa shape index (κ1) is 20.5. The zero-order valence-electron chi connectivity index (χ0n) is 15.7. The molecule has 2 aromatic heterocycles. The van der Waals surface area contributed by atoms with E-state index in [0.717, 1.165) is 6.20 Å². The topological polar surface area (TPSA) is 99.4 Å². The normalized spacial score (nSPS) is 14.5. The van der Waals surface area contributed by atoms with Crippen molar-refractivity contribution in [1.82, 2.24) is 15.1 Å². The second-order valence-corrected chi connectivity index (χ2v) is 6.49. The van der Waals surface area contributed by atoms with Crippen LogP contribution in [0.15, 0.2) is 29.0 Å². The summed E-state index contributed by atoms with van der Waals surface area (Å²) < 4.78 is 78.4. The van der Waals surface area contributed by atoms with Crippen LogP contribution < -0.4 is 14.8 Å². The average Bonchev–Trinajstić information content (AvgIpc) is 3.19. The van der Waals surface area contributed by atoms with Crippen LogP contribution in [0.3, 0.4) is 0 Å². The Labute approximate surface area is 170 Å². The van der Waals surface area contributed by atoms with E-state index in [1.165, 1.54) is 25.3 Å². The Morgan fingerprint density at radius 3 is 2.35 bits per heavy atom. The molecule has 0 fully saturated rings. The fraction of sp³-hybridized carbons (Fsp3) is 0.222. The third-order valence-electron chi connectivity index (χ3n) is 4.26. The second kappa shape index (κ2) is 6.89. The number of alkyl halides is 5. The van der Waals surface area contributed by atoms with Crippen molar-refractivity contribution >= 4 is 11.7 Å². The van der Waals surface area contributed by atoms with Gasteiger partial charge in [-0.2, -0.15) is 13.2 Å². The molecule has 1 amide bonds. The van der Waals surface area contributed by atoms with Gasteiger partial charge in [-0.3, -0.25) is 9.78 Å². The van der Waals surface area contributed by atoms with Crippen molar-refractivity contribution < 1.29 is 40.7 Å². The Hall–Kier alpha value is -3.77. The maximum absolute atomic E-state index is 13.2. The van der Waals surface area contributed by atoms with Crippen LogP contribution in [-0.2, 0) is 6.18 Å². The summed E-state index contributed by atoms with van der Waals surface area (Å²) in [5.41, 5.74) is 0.156. The molecule has 8 nitrogen and oxygen atoms in total. The number of hydrogen-bond donors (Lipinski definition) is 1. The molecule has 3 aromatic rings. The average molecular weight is 442 g/mol. The highest BCUT2D eigenvalue weighted by atomic mass is 19.4. The number of amides is 1. The molecule has 0 radical (unpaired) electrons. The summed E-state index contributed by atoms with van der Waals surface area (Å²) in [5.74, 6) is -3.12. The van der Waals surface area contributed by atoms with Crippen LogP contribution >= 0.6 is 0 Å². The smallest absolute Gasteiger partial charge is 0.395 e. The van der Waals surface area contributed by atoms with Gasteiger partial charge in [0.15, 0.2) is 17.3 Å². The van der Waals surface area contributed by atoms with Gasteiger partial charge in [0.2, 0.25) is 0 Å². The maximum Gasteiger partial charge on any atom is 0.586 e. The van der Waals surface area contributed by atoms with Gasteiger partial charge in [0.05, 0.1) is 23.8 Å². The molecule has 162 valence electrons. The maximum atomic E-state index is 13.2. The van der Waals surface area contributed by atoms with Crippen molar-refractivity contribution in [2.45, 2.75) is 26.3 Å². The number of aryl methyl sites for hydroxylation is 2. The number of carbonyl (C=O) groups excluding carboxylic acids is 1. The molecule has 0 aliphatic carbocycles. The second-order valence-electron chi connectivity index (χ2n) is 6.49. The molecule has 0 atom stereocenters. The first-order valence-electron chi connectivity index (χ1n) is 8.52. The molecule has 1 aromatic carbocycles. The Bertz CT molecular complexity index is 1170. The minimum absolute atomic E-state index is 0.132. The highest BCUT2D eigenvalue weighted by Crippen LogP contribution is 2.44. The minimum Gasteiger partial charge on any atom is -0.395 e. The number of nitrogens with zero attached hydrogens (tertiary/aromatic N) is 3. The van der Waals surface area contributed by atoms with Crippen molar-refractivity contribution in [3.8, 4) is 22.8 Å². The van der Waals surface area contributed by atoms with E-state index in [0.29, 0.717) is 11.1 Å². The summed E-state index contributed by atoms with van der Waals surface area (Å²) >= 11 is 0. The quantitative estimate of drug-likeness (QED) is 0.603. The molecular weight excluding hydrogens is 431 g/mol. The molecule has 0 saturated heterocycles. The van der Waals surface area contributed by atoms with Crippen LogP contribution in [0.2, 0.25) is 0 Å². The van der Waals surface area contributed by atoms with Gasteiger partial charge in [0.1, 0.15) is 5.56 Å². The van der Waals surface area contributed by atoms with Gasteiger partial charge in [0.25, 0.3) is 11.7 Å². The molecule has 0 saturated carbocycles. The number of aromatic nitrogens is 3. The summed E-state index contributed by atoms with van der Waals surface area (Å²) in [4.78, 5) is 20.3.